The van der Waals surface area contributed by atoms with E-state index in [-0.39, 0.29) is 47.9 Å². The van der Waals surface area contributed by atoms with E-state index in [9.17, 15) is 0 Å². The molecule has 0 saturated carbocycles. The Labute approximate surface area is 59.4 Å². The summed E-state index contributed by atoms with van der Waals surface area (Å²) in [6, 6.07) is 0. The summed E-state index contributed by atoms with van der Waals surface area (Å²) in [6.07, 6.45) is 0. The molecule has 0 fully saturated rings. The zero-order chi connectivity index (χ0) is 2.00. The van der Waals surface area contributed by atoms with E-state index in [4.69, 9.17) is 11.8 Å². The second-order valence-corrected chi connectivity index (χ2v) is 0. The molecule has 0 radical (unpaired) electrons. The minimum absolute atomic E-state index is 0. The molecule has 0 aromatic rings. The molecule has 0 bridgehead atoms. The second kappa shape index (κ2) is 32.9. The third-order valence-corrected chi connectivity index (χ3v) is 0. The smallest absolute Gasteiger partial charge is 0 e. The fourth-order valence-corrected chi connectivity index (χ4v) is 0. The van der Waals surface area contributed by atoms with E-state index < -0.39 is 0 Å². The summed E-state index contributed by atoms with van der Waals surface area (Å²) < 4.78 is 0. The van der Waals surface area contributed by atoms with Crippen molar-refractivity contribution in [2.45, 2.75) is 0 Å². The Balaban J connectivity index is -0.00000000500. The van der Waals surface area contributed by atoms with Crippen LogP contribution in [0, 0.1) is 11.8 Å². The zero-order valence-corrected chi connectivity index (χ0v) is 5.97. The molecule has 0 spiro atoms. The summed E-state index contributed by atoms with van der Waals surface area (Å²) in [5.41, 5.74) is 0. The predicted octanol–water partition coefficient (Wildman–Crippen LogP) is 0.0914. The van der Waals surface area contributed by atoms with Crippen molar-refractivity contribution in [2.24, 2.45) is 0 Å². The summed E-state index contributed by atoms with van der Waals surface area (Å²) in [4.78, 5) is 0. The van der Waals surface area contributed by atoms with Crippen molar-refractivity contribution in [2.75, 3.05) is 0 Å². The monoisotopic (exact) mass is 164 g/mol. The molecular weight excluding hydrogens is 165 g/mol. The van der Waals surface area contributed by atoms with Crippen molar-refractivity contribution in [3.63, 3.8) is 0 Å². The molecule has 18 valence electrons. The summed E-state index contributed by atoms with van der Waals surface area (Å²) in [7, 11) is 0. The molecule has 0 rings (SSSR count). The molecule has 0 heterocycles. The van der Waals surface area contributed by atoms with Crippen LogP contribution in [0.4, 0.5) is 0 Å². The Morgan fingerprint density at radius 2 is 1.25 bits per heavy atom. The van der Waals surface area contributed by atoms with Gasteiger partial charge in [-0.05, 0) is 0 Å². The van der Waals surface area contributed by atoms with Crippen LogP contribution in [0.25, 0.3) is 0 Å². The van der Waals surface area contributed by atoms with Gasteiger partial charge in [0.1, 0.15) is 0 Å². The number of hydrogen-bond acceptors (Lipinski definition) is 1. The number of nitrogens with zero attached hydrogens (tertiary/aromatic N) is 1. The standard InChI is InChI=1S/CN.Ti.Zr/c1-2;;/q-1;;. The summed E-state index contributed by atoms with van der Waals surface area (Å²) in [5, 5.41) is 6.25. The Hall–Kier alpha value is 1.09. The molecule has 0 amide bonds. The van der Waals surface area contributed by atoms with Crippen molar-refractivity contribution >= 4 is 0 Å². The number of rotatable bonds is 0. The predicted molar refractivity (Wildman–Crippen MR) is 4.97 cm³/mol. The van der Waals surface area contributed by atoms with Gasteiger partial charge in [0.2, 0.25) is 0 Å². The van der Waals surface area contributed by atoms with Gasteiger partial charge in [-0.2, -0.15) is 0 Å². The van der Waals surface area contributed by atoms with Gasteiger partial charge in [-0.3, -0.25) is 0 Å². The molecule has 0 aromatic heterocycles. The molecule has 0 saturated heterocycles. The van der Waals surface area contributed by atoms with Crippen LogP contribution in [-0.4, -0.2) is 0 Å². The maximum Gasteiger partial charge on any atom is 0 e. The van der Waals surface area contributed by atoms with E-state index in [1.54, 1.807) is 0 Å². The van der Waals surface area contributed by atoms with Gasteiger partial charge in [0.05, 0.1) is 0 Å². The Bertz CT molecular complexity index is 12.8. The maximum atomic E-state index is 6.25. The van der Waals surface area contributed by atoms with E-state index in [0.29, 0.717) is 0 Å². The average Bonchev–Trinajstić information content (AvgIpc) is 1.00. The fraction of sp³-hybridized carbons (Fsp3) is 0. The molecule has 1 nitrogen and oxygen atoms in total. The molecule has 0 atom stereocenters. The van der Waals surface area contributed by atoms with Gasteiger partial charge in [-0.1, -0.05) is 0 Å². The van der Waals surface area contributed by atoms with Gasteiger partial charge in [0.15, 0.2) is 0 Å². The SMILES string of the molecule is [C-]#N.[Ti].[Zr]. The third-order valence-electron chi connectivity index (χ3n) is 0. The van der Waals surface area contributed by atoms with E-state index in [2.05, 4.69) is 0 Å². The normalized spacial score (nSPS) is 0.500. The summed E-state index contributed by atoms with van der Waals surface area (Å²) in [6.45, 7) is 4.75. The molecule has 3 heteroatoms. The first-order valence-corrected chi connectivity index (χ1v) is 0.224. The zero-order valence-electron chi connectivity index (χ0n) is 1.95. The molecule has 4 heavy (non-hydrogen) atoms. The van der Waals surface area contributed by atoms with Crippen LogP contribution in [0.5, 0.6) is 0 Å². The molecule has 0 N–H and O–H groups in total. The van der Waals surface area contributed by atoms with Gasteiger partial charge in [-0.15, -0.1) is 0 Å². The van der Waals surface area contributed by atoms with Crippen molar-refractivity contribution < 1.29 is 47.9 Å². The average molecular weight is 165 g/mol. The number of hydrogen-bond donors (Lipinski definition) is 0. The Morgan fingerprint density at radius 3 is 1.25 bits per heavy atom. The molecule has 0 aliphatic carbocycles. The van der Waals surface area contributed by atoms with Gasteiger partial charge in [0, 0.05) is 47.9 Å². The van der Waals surface area contributed by atoms with Crippen molar-refractivity contribution in [3.8, 4) is 0 Å². The molecule has 0 aromatic carbocycles. The topological polar surface area (TPSA) is 23.8 Å². The van der Waals surface area contributed by atoms with E-state index in [0.717, 1.165) is 0 Å². The Morgan fingerprint density at radius 1 is 1.25 bits per heavy atom. The van der Waals surface area contributed by atoms with Crippen LogP contribution in [0.2, 0.25) is 0 Å². The molecule has 0 aliphatic heterocycles. The quantitative estimate of drug-likeness (QED) is 0.368. The van der Waals surface area contributed by atoms with Gasteiger partial charge in [-0.25, -0.2) is 0 Å². The minimum atomic E-state index is 0. The molecule has 0 unspecified atom stereocenters. The molecular formula is CNTiZr-. The largest absolute Gasteiger partial charge is 0.512 e. The van der Waals surface area contributed by atoms with Gasteiger partial charge >= 0.3 is 0 Å². The van der Waals surface area contributed by atoms with E-state index in [1.165, 1.54) is 0 Å². The van der Waals surface area contributed by atoms with Crippen molar-refractivity contribution in [3.05, 3.63) is 6.57 Å². The van der Waals surface area contributed by atoms with Crippen LogP contribution in [0.15, 0.2) is 0 Å². The first kappa shape index (κ1) is 19.5. The van der Waals surface area contributed by atoms with Gasteiger partial charge < -0.3 is 11.8 Å². The van der Waals surface area contributed by atoms with Gasteiger partial charge in [0.25, 0.3) is 0 Å². The maximum absolute atomic E-state index is 6.25. The fourth-order valence-electron chi connectivity index (χ4n) is 0. The Kier molecular flexibility index (Phi) is 161. The van der Waals surface area contributed by atoms with E-state index in [1.807, 2.05) is 0 Å². The summed E-state index contributed by atoms with van der Waals surface area (Å²) >= 11 is 0. The minimum Gasteiger partial charge on any atom is -0.512 e. The van der Waals surface area contributed by atoms with Crippen LogP contribution in [0.1, 0.15) is 0 Å². The molecule has 0 aliphatic rings. The van der Waals surface area contributed by atoms with E-state index >= 15 is 0 Å². The van der Waals surface area contributed by atoms with Crippen molar-refractivity contribution in [1.29, 1.82) is 5.26 Å². The first-order valence-electron chi connectivity index (χ1n) is 0.224. The van der Waals surface area contributed by atoms with Crippen molar-refractivity contribution in [1.82, 2.24) is 0 Å². The van der Waals surface area contributed by atoms with Crippen LogP contribution < -0.4 is 0 Å². The first-order chi connectivity index (χ1) is 1.00. The summed E-state index contributed by atoms with van der Waals surface area (Å²) in [5.74, 6) is 0. The second-order valence-electron chi connectivity index (χ2n) is 0. The van der Waals surface area contributed by atoms with Crippen LogP contribution >= 0.6 is 0 Å². The third kappa shape index (κ3) is 11.4. The van der Waals surface area contributed by atoms with Crippen LogP contribution in [0.3, 0.4) is 0 Å². The van der Waals surface area contributed by atoms with Crippen LogP contribution in [-0.2, 0) is 47.9 Å².